The smallest absolute Gasteiger partial charge is 0.320 e. The number of Topliss-reactive ketones (excluding diaryl/α,β-unsaturated/α-hetero) is 2. The van der Waals surface area contributed by atoms with Gasteiger partial charge in [-0.2, -0.15) is 0 Å². The van der Waals surface area contributed by atoms with Crippen LogP contribution in [0.15, 0.2) is 0 Å². The Labute approximate surface area is 612 Å². The minimum Gasteiger partial charge on any atom is -0.481 e. The van der Waals surface area contributed by atoms with E-state index in [2.05, 4.69) is 46.2 Å². The third kappa shape index (κ3) is 39.9. The Hall–Kier alpha value is -5.09. The third-order valence-corrected chi connectivity index (χ3v) is 19.9. The molecule has 0 bridgehead atoms. The summed E-state index contributed by atoms with van der Waals surface area (Å²) in [5, 5.41) is 77.1. The average Bonchev–Trinajstić information content (AvgIpc) is 1.46. The molecule has 13 aliphatic rings. The van der Waals surface area contributed by atoms with E-state index >= 15 is 0 Å². The van der Waals surface area contributed by atoms with Crippen molar-refractivity contribution in [3.63, 3.8) is 0 Å². The first kappa shape index (κ1) is 95.9. The standard InChI is InChI=1S/3C6H11NO2.2C6H11NO.2C5H10N2O.C5H11NO2.2C5H9NO2.2C5H11NO.C4H9NO/c1-7-3-5(4-7)2-6(8)9;1-7-3-2-5(7)4-6(8)9;1-7-4-2-3-5(7)6(8)9;1-5(8)6-3-7(2)4-6;1-5(8)6-3-4-7(6)2;1-7-2-4(3-7)5(6)8;1-7-3-2-4(7)5(6)8;1-6-2-4(7)5(8)3-6;1-6-2-4(3-6)5(7)8;1-6-3-2-4(6)5(7)8;1-6-3-5(4-6)7-2;1-6-3-2-5(7)4-6;1-5-2-4(6)3-5/h3*5H,2-4H2,1H3,(H,8,9);2*6H,3-4H2,1-2H3;2*4H,2-3H2,1H3,(H2,6,8);4-5,7-8H,2-3H2,1H3;2*4H,2-3H2,1H3,(H,7,8);5H,3-4H2,1-2H3;5,7H,2-4H2,1H3;4,6H,2-3H2,1H3. The Kier molecular flexibility index (Phi) is 46.3. The van der Waals surface area contributed by atoms with Gasteiger partial charge in [0.1, 0.15) is 23.7 Å². The summed E-state index contributed by atoms with van der Waals surface area (Å²) < 4.78 is 5.01. The molecule has 13 rings (SSSR count). The molecule has 34 nitrogen and oxygen atoms in total. The monoisotopic (exact) mass is 1480 g/mol. The Morgan fingerprint density at radius 3 is 0.845 bits per heavy atom. The van der Waals surface area contributed by atoms with Crippen molar-refractivity contribution in [2.24, 2.45) is 35.1 Å². The number of likely N-dealkylation sites (tertiary alicyclic amines) is 13. The number of hydrogen-bond acceptors (Lipinski definition) is 27. The fraction of sp³-hybridized carbons (Fsp3) is 0.870. The van der Waals surface area contributed by atoms with Gasteiger partial charge < -0.3 is 106 Å². The summed E-state index contributed by atoms with van der Waals surface area (Å²) in [6, 6.07) is 0.160. The number of carbonyl (C=O) groups is 9. The number of nitrogens with zero attached hydrogens (tertiary/aromatic N) is 13. The molecule has 0 radical (unpaired) electrons. The van der Waals surface area contributed by atoms with E-state index in [1.165, 1.54) is 0 Å². The van der Waals surface area contributed by atoms with Crippen LogP contribution in [0.1, 0.15) is 71.6 Å². The molecule has 600 valence electrons. The van der Waals surface area contributed by atoms with Gasteiger partial charge in [-0.25, -0.2) is 0 Å². The van der Waals surface area contributed by atoms with Gasteiger partial charge in [-0.05, 0) is 169 Å². The summed E-state index contributed by atoms with van der Waals surface area (Å²) in [7, 11) is 27.2. The second-order valence-corrected chi connectivity index (χ2v) is 30.0. The summed E-state index contributed by atoms with van der Waals surface area (Å²) in [6.07, 6.45) is 6.66. The van der Waals surface area contributed by atoms with Crippen LogP contribution in [0.2, 0.25) is 0 Å². The van der Waals surface area contributed by atoms with E-state index in [1.807, 2.05) is 109 Å². The van der Waals surface area contributed by atoms with Crippen molar-refractivity contribution in [3.05, 3.63) is 0 Å². The molecule has 13 N–H and O–H groups in total. The van der Waals surface area contributed by atoms with Gasteiger partial charge >= 0.3 is 29.8 Å². The molecule has 0 spiro atoms. The van der Waals surface area contributed by atoms with Crippen LogP contribution in [-0.2, 0) is 47.9 Å². The molecule has 0 aliphatic carbocycles. The largest absolute Gasteiger partial charge is 0.481 e. The predicted octanol–water partition coefficient (Wildman–Crippen LogP) is -4.04. The van der Waals surface area contributed by atoms with E-state index in [-0.39, 0.29) is 60.0 Å². The number of likely N-dealkylation sites (N-methyl/N-ethyl adjacent to an activating group) is 8. The predicted molar refractivity (Wildman–Crippen MR) is 390 cm³/mol. The van der Waals surface area contributed by atoms with E-state index in [0.29, 0.717) is 61.5 Å². The molecule has 103 heavy (non-hydrogen) atoms. The lowest BCUT2D eigenvalue weighted by atomic mass is 9.97. The number of aliphatic hydroxyl groups excluding tert-OH is 4. The van der Waals surface area contributed by atoms with E-state index in [4.69, 9.17) is 62.2 Å². The summed E-state index contributed by atoms with van der Waals surface area (Å²) >= 11 is 0. The van der Waals surface area contributed by atoms with Crippen LogP contribution >= 0.6 is 0 Å². The normalized spacial score (nSPS) is 27.7. The van der Waals surface area contributed by atoms with Gasteiger partial charge in [0, 0.05) is 143 Å². The average molecular weight is 1480 g/mol. The molecule has 0 aromatic carbocycles. The summed E-state index contributed by atoms with van der Waals surface area (Å²) in [4.78, 5) is 119. The molecular weight excluding hydrogens is 1340 g/mol. The number of carbonyl (C=O) groups excluding carboxylic acids is 4. The molecule has 8 atom stereocenters. The Balaban J connectivity index is 0.000000558. The van der Waals surface area contributed by atoms with Gasteiger partial charge in [-0.3, -0.25) is 62.8 Å². The molecule has 0 aromatic heterocycles. The number of primary amides is 2. The van der Waals surface area contributed by atoms with Crippen molar-refractivity contribution < 1.29 is 93.8 Å². The lowest BCUT2D eigenvalue weighted by Gasteiger charge is -2.36. The highest BCUT2D eigenvalue weighted by atomic mass is 16.5. The highest BCUT2D eigenvalue weighted by Crippen LogP contribution is 2.20. The van der Waals surface area contributed by atoms with Crippen molar-refractivity contribution in [3.8, 4) is 0 Å². The van der Waals surface area contributed by atoms with Crippen molar-refractivity contribution in [1.29, 1.82) is 0 Å². The first-order valence-corrected chi connectivity index (χ1v) is 35.9. The Bertz CT molecular complexity index is 2350. The topological polar surface area (TPSA) is 439 Å². The number of carboxylic acid groups (broad SMARTS) is 5. The van der Waals surface area contributed by atoms with Gasteiger partial charge in [0.2, 0.25) is 11.8 Å². The quantitative estimate of drug-likeness (QED) is 0.0886. The van der Waals surface area contributed by atoms with Crippen molar-refractivity contribution in [1.82, 2.24) is 63.7 Å². The molecule has 8 unspecified atom stereocenters. The van der Waals surface area contributed by atoms with E-state index in [9.17, 15) is 43.2 Å². The lowest BCUT2D eigenvalue weighted by molar-refractivity contribution is -0.147. The number of rotatable bonds is 12. The molecule has 13 saturated heterocycles. The van der Waals surface area contributed by atoms with Crippen molar-refractivity contribution in [2.75, 3.05) is 236 Å². The third-order valence-electron chi connectivity index (χ3n) is 19.9. The zero-order chi connectivity index (χ0) is 78.7. The van der Waals surface area contributed by atoms with E-state index < -0.39 is 42.1 Å². The maximum Gasteiger partial charge on any atom is 0.320 e. The molecule has 0 aromatic rings. The minimum absolute atomic E-state index is 0.0231. The first-order chi connectivity index (χ1) is 47.9. The second kappa shape index (κ2) is 49.7. The SMILES string of the molecule is CC(=O)C1CCN1C.CC(=O)C1CN(C)C1.CN1CC(C(=O)O)C1.CN1CC(C(N)=O)C1.CN1CC(CC(=O)O)C1.CN1CC(O)C(O)C1.CN1CC(O)C1.CN1CCC(O)C1.CN1CCC1C(=O)O.CN1CCC1C(N)=O.CN1CCC1CC(=O)O.CN1CCCC1C(=O)O.COC1CN(C)C1. The van der Waals surface area contributed by atoms with E-state index in [0.717, 1.165) is 169 Å². The Morgan fingerprint density at radius 1 is 0.350 bits per heavy atom. The first-order valence-electron chi connectivity index (χ1n) is 35.9. The van der Waals surface area contributed by atoms with Gasteiger partial charge in [-0.1, -0.05) is 0 Å². The number of nitrogens with two attached hydrogens (primary N) is 2. The number of methoxy groups -OCH3 is 1. The minimum atomic E-state index is -0.696. The molecule has 34 heteroatoms. The number of carboxylic acids is 5. The number of aliphatic carboxylic acids is 5. The van der Waals surface area contributed by atoms with Gasteiger partial charge in [0.25, 0.3) is 0 Å². The highest BCUT2D eigenvalue weighted by molar-refractivity contribution is 5.82. The fourth-order valence-corrected chi connectivity index (χ4v) is 12.2. The highest BCUT2D eigenvalue weighted by Gasteiger charge is 2.34. The van der Waals surface area contributed by atoms with Crippen molar-refractivity contribution in [2.45, 2.75) is 132 Å². The molecule has 2 amide bonds. The maximum absolute atomic E-state index is 10.6. The maximum atomic E-state index is 10.6. The zero-order valence-corrected chi connectivity index (χ0v) is 64.9. The molecule has 13 heterocycles. The summed E-state index contributed by atoms with van der Waals surface area (Å²) in [5.41, 5.74) is 10.0. The fourth-order valence-electron chi connectivity index (χ4n) is 12.2. The van der Waals surface area contributed by atoms with Gasteiger partial charge in [-0.15, -0.1) is 0 Å². The number of β-amino-alcohol motifs (C(OH)–C–C–N with tert-alkyl or cyclic N) is 4. The number of amides is 2. The molecular formula is C69H135N15O19. The summed E-state index contributed by atoms with van der Waals surface area (Å²) in [6.45, 7) is 22.3. The van der Waals surface area contributed by atoms with Crippen LogP contribution in [-0.4, -0.2) is 460 Å². The number of ketones is 2. The van der Waals surface area contributed by atoms with Crippen LogP contribution in [0, 0.1) is 23.7 Å². The molecule has 13 fully saturated rings. The number of aliphatic hydroxyl groups is 4. The van der Waals surface area contributed by atoms with Crippen LogP contribution in [0.3, 0.4) is 0 Å². The summed E-state index contributed by atoms with van der Waals surface area (Å²) in [5.74, 6) is -2.34. The zero-order valence-electron chi connectivity index (χ0n) is 64.9. The van der Waals surface area contributed by atoms with Crippen LogP contribution < -0.4 is 11.5 Å². The Morgan fingerprint density at radius 2 is 0.728 bits per heavy atom. The molecule has 0 saturated carbocycles. The lowest BCUT2D eigenvalue weighted by Crippen LogP contribution is -2.52. The second-order valence-electron chi connectivity index (χ2n) is 30.0. The van der Waals surface area contributed by atoms with Crippen LogP contribution in [0.25, 0.3) is 0 Å². The van der Waals surface area contributed by atoms with E-state index in [1.54, 1.807) is 21.0 Å². The van der Waals surface area contributed by atoms with Crippen LogP contribution in [0.4, 0.5) is 0 Å². The number of hydrogen-bond donors (Lipinski definition) is 11. The number of ether oxygens (including phenoxy) is 1. The van der Waals surface area contributed by atoms with Crippen LogP contribution in [0.5, 0.6) is 0 Å². The molecule has 13 aliphatic heterocycles. The van der Waals surface area contributed by atoms with Gasteiger partial charge in [0.15, 0.2) is 0 Å². The van der Waals surface area contributed by atoms with Gasteiger partial charge in [0.05, 0.1) is 67.3 Å². The van der Waals surface area contributed by atoms with Crippen molar-refractivity contribution >= 4 is 53.2 Å².